The summed E-state index contributed by atoms with van der Waals surface area (Å²) in [6, 6.07) is 14.5. The molecule has 4 N–H and O–H groups in total. The van der Waals surface area contributed by atoms with E-state index in [0.717, 1.165) is 48.6 Å². The molecule has 4 heteroatoms. The lowest BCUT2D eigenvalue weighted by Crippen LogP contribution is -2.50. The molecule has 1 aliphatic heterocycles. The molecule has 0 saturated heterocycles. The van der Waals surface area contributed by atoms with Gasteiger partial charge in [-0.3, -0.25) is 0 Å². The number of anilines is 2. The second-order valence-electron chi connectivity index (χ2n) is 6.60. The van der Waals surface area contributed by atoms with Crippen molar-refractivity contribution in [3.8, 4) is 5.75 Å². The van der Waals surface area contributed by atoms with Crippen LogP contribution in [0.5, 0.6) is 5.75 Å². The summed E-state index contributed by atoms with van der Waals surface area (Å²) in [6.45, 7) is 6.70. The lowest BCUT2D eigenvalue weighted by atomic mass is 9.93. The Morgan fingerprint density at radius 2 is 1.71 bits per heavy atom. The van der Waals surface area contributed by atoms with Crippen molar-refractivity contribution in [1.82, 2.24) is 0 Å². The van der Waals surface area contributed by atoms with E-state index in [1.165, 1.54) is 5.56 Å². The van der Waals surface area contributed by atoms with Gasteiger partial charge in [0.2, 0.25) is 0 Å². The highest BCUT2D eigenvalue weighted by Gasteiger charge is 2.37. The van der Waals surface area contributed by atoms with Gasteiger partial charge in [-0.15, -0.1) is 0 Å². The standard InChI is InChI=1S/C20H27N3O/c1-3-20(4-2)14-23(13-16-7-5-15(12-21)6-8-16)18-10-9-17(22)11-19(18)24-20/h5-11H,3-4,12-14,21-22H2,1-2H3. The molecule has 3 rings (SSSR count). The van der Waals surface area contributed by atoms with Crippen LogP contribution in [0.3, 0.4) is 0 Å². The zero-order valence-electron chi connectivity index (χ0n) is 14.6. The largest absolute Gasteiger partial charge is 0.483 e. The normalized spacial score (nSPS) is 15.7. The van der Waals surface area contributed by atoms with E-state index in [1.807, 2.05) is 12.1 Å². The van der Waals surface area contributed by atoms with Crippen LogP contribution in [-0.2, 0) is 13.1 Å². The van der Waals surface area contributed by atoms with Gasteiger partial charge in [0, 0.05) is 24.8 Å². The first-order valence-corrected chi connectivity index (χ1v) is 8.70. The van der Waals surface area contributed by atoms with E-state index in [2.05, 4.69) is 49.1 Å². The Balaban J connectivity index is 1.92. The highest BCUT2D eigenvalue weighted by atomic mass is 16.5. The summed E-state index contributed by atoms with van der Waals surface area (Å²) < 4.78 is 6.36. The van der Waals surface area contributed by atoms with Gasteiger partial charge in [0.15, 0.2) is 0 Å². The van der Waals surface area contributed by atoms with Gasteiger partial charge in [-0.05, 0) is 36.1 Å². The Labute approximate surface area is 144 Å². The van der Waals surface area contributed by atoms with Crippen LogP contribution in [0.25, 0.3) is 0 Å². The van der Waals surface area contributed by atoms with Gasteiger partial charge >= 0.3 is 0 Å². The minimum absolute atomic E-state index is 0.155. The summed E-state index contributed by atoms with van der Waals surface area (Å²) >= 11 is 0. The van der Waals surface area contributed by atoms with Crippen LogP contribution < -0.4 is 21.1 Å². The average molecular weight is 325 g/mol. The highest BCUT2D eigenvalue weighted by molar-refractivity contribution is 5.66. The van der Waals surface area contributed by atoms with Crippen molar-refractivity contribution in [2.24, 2.45) is 5.73 Å². The Hall–Kier alpha value is -2.20. The molecule has 0 fully saturated rings. The number of hydrogen-bond acceptors (Lipinski definition) is 4. The first-order valence-electron chi connectivity index (χ1n) is 8.70. The molecular formula is C20H27N3O. The van der Waals surface area contributed by atoms with E-state index in [4.69, 9.17) is 16.2 Å². The van der Waals surface area contributed by atoms with Crippen molar-refractivity contribution in [2.45, 2.75) is 45.4 Å². The van der Waals surface area contributed by atoms with Gasteiger partial charge in [-0.2, -0.15) is 0 Å². The zero-order valence-corrected chi connectivity index (χ0v) is 14.6. The number of nitrogens with zero attached hydrogens (tertiary/aromatic N) is 1. The van der Waals surface area contributed by atoms with Crippen molar-refractivity contribution >= 4 is 11.4 Å². The predicted molar refractivity (Wildman–Crippen MR) is 100 cm³/mol. The molecule has 0 radical (unpaired) electrons. The smallest absolute Gasteiger partial charge is 0.145 e. The fourth-order valence-corrected chi connectivity index (χ4v) is 3.33. The summed E-state index contributed by atoms with van der Waals surface area (Å²) in [5.41, 5.74) is 15.8. The van der Waals surface area contributed by atoms with Crippen LogP contribution >= 0.6 is 0 Å². The Bertz CT molecular complexity index is 693. The Kier molecular flexibility index (Phi) is 4.67. The molecule has 2 aromatic carbocycles. The summed E-state index contributed by atoms with van der Waals surface area (Å²) in [5.74, 6) is 0.892. The lowest BCUT2D eigenvalue weighted by molar-refractivity contribution is 0.0571. The van der Waals surface area contributed by atoms with Crippen LogP contribution in [-0.4, -0.2) is 12.1 Å². The van der Waals surface area contributed by atoms with Crippen molar-refractivity contribution in [1.29, 1.82) is 0 Å². The van der Waals surface area contributed by atoms with E-state index in [1.54, 1.807) is 0 Å². The molecule has 128 valence electrons. The Morgan fingerprint density at radius 1 is 1.04 bits per heavy atom. The maximum absolute atomic E-state index is 6.36. The summed E-state index contributed by atoms with van der Waals surface area (Å²) in [5, 5.41) is 0. The van der Waals surface area contributed by atoms with Gasteiger partial charge in [0.1, 0.15) is 11.4 Å². The van der Waals surface area contributed by atoms with E-state index in [-0.39, 0.29) is 5.60 Å². The molecule has 0 aliphatic carbocycles. The van der Waals surface area contributed by atoms with Crippen molar-refractivity contribution < 1.29 is 4.74 Å². The van der Waals surface area contributed by atoms with Crippen molar-refractivity contribution in [3.05, 3.63) is 53.6 Å². The van der Waals surface area contributed by atoms with Crippen molar-refractivity contribution in [2.75, 3.05) is 17.2 Å². The van der Waals surface area contributed by atoms with Crippen LogP contribution in [0.1, 0.15) is 37.8 Å². The van der Waals surface area contributed by atoms with E-state index in [9.17, 15) is 0 Å². The monoisotopic (exact) mass is 325 g/mol. The maximum atomic E-state index is 6.36. The molecule has 4 nitrogen and oxygen atoms in total. The average Bonchev–Trinajstić information content (AvgIpc) is 2.61. The van der Waals surface area contributed by atoms with E-state index >= 15 is 0 Å². The number of fused-ring (bicyclic) bond motifs is 1. The molecule has 0 spiro atoms. The van der Waals surface area contributed by atoms with Crippen LogP contribution in [0.4, 0.5) is 11.4 Å². The molecule has 0 saturated carbocycles. The molecule has 0 amide bonds. The topological polar surface area (TPSA) is 64.5 Å². The molecule has 0 atom stereocenters. The molecule has 1 aliphatic rings. The fourth-order valence-electron chi connectivity index (χ4n) is 3.33. The van der Waals surface area contributed by atoms with Crippen LogP contribution in [0.2, 0.25) is 0 Å². The number of benzene rings is 2. The number of ether oxygens (including phenoxy) is 1. The summed E-state index contributed by atoms with van der Waals surface area (Å²) in [7, 11) is 0. The second kappa shape index (κ2) is 6.73. The highest BCUT2D eigenvalue weighted by Crippen LogP contribution is 2.41. The third-order valence-corrected chi connectivity index (χ3v) is 5.05. The minimum Gasteiger partial charge on any atom is -0.483 e. The SMILES string of the molecule is CCC1(CC)CN(Cc2ccc(CN)cc2)c2ccc(N)cc2O1. The summed E-state index contributed by atoms with van der Waals surface area (Å²) in [6.07, 6.45) is 1.95. The number of nitrogen functional groups attached to an aromatic ring is 1. The number of hydrogen-bond donors (Lipinski definition) is 2. The molecule has 0 bridgehead atoms. The summed E-state index contributed by atoms with van der Waals surface area (Å²) in [4.78, 5) is 2.41. The molecule has 0 aromatic heterocycles. The van der Waals surface area contributed by atoms with Gasteiger partial charge in [-0.25, -0.2) is 0 Å². The zero-order chi connectivity index (χ0) is 17.2. The third-order valence-electron chi connectivity index (χ3n) is 5.05. The maximum Gasteiger partial charge on any atom is 0.145 e. The van der Waals surface area contributed by atoms with Gasteiger partial charge < -0.3 is 21.1 Å². The molecule has 0 unspecified atom stereocenters. The fraction of sp³-hybridized carbons (Fsp3) is 0.400. The van der Waals surface area contributed by atoms with Gasteiger partial charge in [0.25, 0.3) is 0 Å². The molecule has 2 aromatic rings. The second-order valence-corrected chi connectivity index (χ2v) is 6.60. The molecule has 24 heavy (non-hydrogen) atoms. The first kappa shape index (κ1) is 16.7. The van der Waals surface area contributed by atoms with E-state index in [0.29, 0.717) is 6.54 Å². The van der Waals surface area contributed by atoms with Crippen molar-refractivity contribution in [3.63, 3.8) is 0 Å². The minimum atomic E-state index is -0.155. The van der Waals surface area contributed by atoms with Crippen LogP contribution in [0.15, 0.2) is 42.5 Å². The van der Waals surface area contributed by atoms with Crippen LogP contribution in [0, 0.1) is 0 Å². The molecule has 1 heterocycles. The van der Waals surface area contributed by atoms with Gasteiger partial charge in [0.05, 0.1) is 12.2 Å². The van der Waals surface area contributed by atoms with E-state index < -0.39 is 0 Å². The Morgan fingerprint density at radius 3 is 2.33 bits per heavy atom. The molecular weight excluding hydrogens is 298 g/mol. The van der Waals surface area contributed by atoms with Gasteiger partial charge in [-0.1, -0.05) is 38.1 Å². The first-order chi connectivity index (χ1) is 11.6. The predicted octanol–water partition coefficient (Wildman–Crippen LogP) is 3.69. The number of nitrogens with two attached hydrogens (primary N) is 2. The third kappa shape index (κ3) is 3.20. The number of rotatable bonds is 5. The quantitative estimate of drug-likeness (QED) is 0.823. The lowest BCUT2D eigenvalue weighted by Gasteiger charge is -2.44.